The zero-order chi connectivity index (χ0) is 22.0. The van der Waals surface area contributed by atoms with Gasteiger partial charge in [-0.1, -0.05) is 0 Å². The highest BCUT2D eigenvalue weighted by Crippen LogP contribution is 2.27. The number of amides is 1. The van der Waals surface area contributed by atoms with Crippen molar-refractivity contribution in [1.82, 2.24) is 15.1 Å². The molecule has 160 valence electrons. The lowest BCUT2D eigenvalue weighted by Gasteiger charge is -2.08. The molecule has 6 nitrogen and oxygen atoms in total. The van der Waals surface area contributed by atoms with Crippen LogP contribution in [0.25, 0.3) is 0 Å². The predicted molar refractivity (Wildman–Crippen MR) is 101 cm³/mol. The molecule has 0 saturated heterocycles. The Hall–Kier alpha value is -2.82. The Labute approximate surface area is 176 Å². The Morgan fingerprint density at radius 3 is 2.47 bits per heavy atom. The lowest BCUT2D eigenvalue weighted by atomic mass is 10.3. The van der Waals surface area contributed by atoms with E-state index in [1.54, 1.807) is 4.68 Å². The maximum absolute atomic E-state index is 13.6. The van der Waals surface area contributed by atoms with E-state index >= 15 is 0 Å². The summed E-state index contributed by atoms with van der Waals surface area (Å²) in [6, 6.07) is 2.77. The van der Waals surface area contributed by atoms with Crippen LogP contribution in [0.5, 0.6) is 5.75 Å². The van der Waals surface area contributed by atoms with Crippen LogP contribution < -0.4 is 10.1 Å². The third-order valence-corrected chi connectivity index (χ3v) is 5.37. The van der Waals surface area contributed by atoms with E-state index in [0.717, 1.165) is 15.9 Å². The van der Waals surface area contributed by atoms with Crippen molar-refractivity contribution in [3.8, 4) is 5.75 Å². The first-order chi connectivity index (χ1) is 14.2. The van der Waals surface area contributed by atoms with Gasteiger partial charge >= 0.3 is 0 Å². The fraction of sp³-hybridized carbons (Fsp3) is 0.263. The number of aromatic nitrogens is 2. The summed E-state index contributed by atoms with van der Waals surface area (Å²) in [5.41, 5.74) is 1.76. The number of halogens is 5. The van der Waals surface area contributed by atoms with Gasteiger partial charge in [0.15, 0.2) is 23.1 Å². The number of benzene rings is 1. The first-order valence-electron chi connectivity index (χ1n) is 8.71. The van der Waals surface area contributed by atoms with Gasteiger partial charge in [0.05, 0.1) is 16.7 Å². The Morgan fingerprint density at radius 1 is 1.20 bits per heavy atom. The van der Waals surface area contributed by atoms with Gasteiger partial charge in [0.25, 0.3) is 5.91 Å². The fourth-order valence-corrected chi connectivity index (χ4v) is 2.94. The lowest BCUT2D eigenvalue weighted by Crippen LogP contribution is -2.27. The van der Waals surface area contributed by atoms with E-state index in [0.29, 0.717) is 6.54 Å². The summed E-state index contributed by atoms with van der Waals surface area (Å²) in [5.74, 6) is -8.23. The number of rotatable bonds is 7. The van der Waals surface area contributed by atoms with E-state index in [-0.39, 0.29) is 24.1 Å². The molecule has 1 amide bonds. The number of hydrogen-bond acceptors (Lipinski definition) is 4. The zero-order valence-corrected chi connectivity index (χ0v) is 17.4. The Bertz CT molecular complexity index is 1070. The Kier molecular flexibility index (Phi) is 6.49. The second-order valence-electron chi connectivity index (χ2n) is 6.32. The van der Waals surface area contributed by atoms with E-state index in [1.807, 2.05) is 13.8 Å². The second kappa shape index (κ2) is 8.90. The molecule has 3 aromatic rings. The number of furan rings is 1. The van der Waals surface area contributed by atoms with Crippen LogP contribution in [0, 0.1) is 37.1 Å². The van der Waals surface area contributed by atoms with Crippen molar-refractivity contribution in [3.05, 3.63) is 68.8 Å². The molecule has 1 aromatic carbocycles. The van der Waals surface area contributed by atoms with Crippen LogP contribution in [0.1, 0.15) is 27.7 Å². The minimum Gasteiger partial charge on any atom is -0.479 e. The average Bonchev–Trinajstić information content (AvgIpc) is 3.27. The van der Waals surface area contributed by atoms with Crippen molar-refractivity contribution in [3.63, 3.8) is 0 Å². The predicted octanol–water partition coefficient (Wildman–Crippen LogP) is 4.42. The Balaban J connectivity index is 1.57. The van der Waals surface area contributed by atoms with Crippen molar-refractivity contribution < 1.29 is 31.5 Å². The highest BCUT2D eigenvalue weighted by molar-refractivity contribution is 9.10. The third kappa shape index (κ3) is 4.50. The molecule has 2 aromatic heterocycles. The molecule has 0 aliphatic heterocycles. The minimum atomic E-state index is -1.66. The first kappa shape index (κ1) is 21.9. The number of hydrogen-bond donors (Lipinski definition) is 1. The average molecular weight is 490 g/mol. The fourth-order valence-electron chi connectivity index (χ4n) is 2.65. The van der Waals surface area contributed by atoms with Crippen molar-refractivity contribution in [2.24, 2.45) is 0 Å². The highest BCUT2D eigenvalue weighted by Gasteiger charge is 2.21. The SMILES string of the molecule is Cc1nn(CCNC(=O)c2ccc(COc3c(F)c(F)cc(F)c3F)o2)c(C)c1Br. The van der Waals surface area contributed by atoms with Gasteiger partial charge in [-0.25, -0.2) is 8.78 Å². The standard InChI is InChI=1S/C19H16BrF4N3O3/c1-9-15(20)10(2)27(26-9)6-5-25-19(28)14-4-3-11(30-14)8-29-18-16(23)12(21)7-13(22)17(18)24/h3-4,7H,5-6,8H2,1-2H3,(H,25,28). The monoisotopic (exact) mass is 489 g/mol. The summed E-state index contributed by atoms with van der Waals surface area (Å²) in [6.07, 6.45) is 0. The molecular formula is C19H16BrF4N3O3. The van der Waals surface area contributed by atoms with Crippen LogP contribution in [0.15, 0.2) is 27.1 Å². The van der Waals surface area contributed by atoms with E-state index in [2.05, 4.69) is 26.3 Å². The first-order valence-corrected chi connectivity index (χ1v) is 9.50. The number of aryl methyl sites for hydroxylation is 1. The quantitative estimate of drug-likeness (QED) is 0.394. The molecule has 0 bridgehead atoms. The lowest BCUT2D eigenvalue weighted by molar-refractivity contribution is 0.0919. The van der Waals surface area contributed by atoms with Gasteiger partial charge in [0.1, 0.15) is 12.4 Å². The van der Waals surface area contributed by atoms with Gasteiger partial charge in [-0.05, 0) is 41.9 Å². The van der Waals surface area contributed by atoms with E-state index in [1.165, 1.54) is 12.1 Å². The van der Waals surface area contributed by atoms with Crippen molar-refractivity contribution in [2.45, 2.75) is 27.0 Å². The Morgan fingerprint density at radius 2 is 1.87 bits per heavy atom. The molecule has 0 aliphatic rings. The molecule has 3 rings (SSSR count). The van der Waals surface area contributed by atoms with Crippen LogP contribution in [0.3, 0.4) is 0 Å². The zero-order valence-electron chi connectivity index (χ0n) is 15.9. The maximum atomic E-state index is 13.6. The number of carbonyl (C=O) groups excluding carboxylic acids is 1. The van der Waals surface area contributed by atoms with Gasteiger partial charge in [-0.2, -0.15) is 13.9 Å². The molecule has 0 saturated carbocycles. The molecule has 0 unspecified atom stereocenters. The van der Waals surface area contributed by atoms with Crippen LogP contribution >= 0.6 is 15.9 Å². The largest absolute Gasteiger partial charge is 0.479 e. The van der Waals surface area contributed by atoms with Crippen molar-refractivity contribution >= 4 is 21.8 Å². The molecule has 30 heavy (non-hydrogen) atoms. The van der Waals surface area contributed by atoms with E-state index in [9.17, 15) is 22.4 Å². The number of carbonyl (C=O) groups is 1. The third-order valence-electron chi connectivity index (χ3n) is 4.22. The molecule has 0 atom stereocenters. The van der Waals surface area contributed by atoms with Crippen LogP contribution in [-0.4, -0.2) is 22.2 Å². The van der Waals surface area contributed by atoms with Gasteiger partial charge < -0.3 is 14.5 Å². The van der Waals surface area contributed by atoms with Gasteiger partial charge in [0, 0.05) is 18.3 Å². The minimum absolute atomic E-state index is 0.0334. The molecule has 0 radical (unpaired) electrons. The second-order valence-corrected chi connectivity index (χ2v) is 7.11. The van der Waals surface area contributed by atoms with Crippen LogP contribution in [0.4, 0.5) is 17.6 Å². The molecule has 0 fully saturated rings. The van der Waals surface area contributed by atoms with Gasteiger partial charge in [-0.15, -0.1) is 0 Å². The summed E-state index contributed by atoms with van der Waals surface area (Å²) in [5, 5.41) is 6.98. The normalized spacial score (nSPS) is 11.0. The molecule has 0 aliphatic carbocycles. The summed E-state index contributed by atoms with van der Waals surface area (Å²) in [4.78, 5) is 12.2. The maximum Gasteiger partial charge on any atom is 0.287 e. The topological polar surface area (TPSA) is 69.3 Å². The smallest absolute Gasteiger partial charge is 0.287 e. The summed E-state index contributed by atoms with van der Waals surface area (Å²) in [7, 11) is 0. The summed E-state index contributed by atoms with van der Waals surface area (Å²) >= 11 is 3.42. The number of ether oxygens (including phenoxy) is 1. The number of nitrogens with one attached hydrogen (secondary N) is 1. The summed E-state index contributed by atoms with van der Waals surface area (Å²) in [6.45, 7) is 3.92. The molecule has 0 spiro atoms. The van der Waals surface area contributed by atoms with Gasteiger partial charge in [-0.3, -0.25) is 9.48 Å². The van der Waals surface area contributed by atoms with Crippen LogP contribution in [0.2, 0.25) is 0 Å². The molecule has 11 heteroatoms. The van der Waals surface area contributed by atoms with Crippen molar-refractivity contribution in [2.75, 3.05) is 6.54 Å². The highest BCUT2D eigenvalue weighted by atomic mass is 79.9. The van der Waals surface area contributed by atoms with Crippen molar-refractivity contribution in [1.29, 1.82) is 0 Å². The molecule has 1 N–H and O–H groups in total. The van der Waals surface area contributed by atoms with Crippen LogP contribution in [-0.2, 0) is 13.2 Å². The van der Waals surface area contributed by atoms with Gasteiger partial charge in [0.2, 0.25) is 11.6 Å². The van der Waals surface area contributed by atoms with E-state index < -0.39 is 41.5 Å². The number of nitrogens with zero attached hydrogens (tertiary/aromatic N) is 2. The summed E-state index contributed by atoms with van der Waals surface area (Å²) < 4.78 is 66.3. The molecular weight excluding hydrogens is 474 g/mol. The van der Waals surface area contributed by atoms with E-state index in [4.69, 9.17) is 9.15 Å². The molecule has 2 heterocycles.